The Balaban J connectivity index is 1.72. The molecule has 1 amide bonds. The van der Waals surface area contributed by atoms with Crippen LogP contribution in [0, 0.1) is 10.1 Å². The summed E-state index contributed by atoms with van der Waals surface area (Å²) < 4.78 is 27.4. The number of rotatable bonds is 6. The summed E-state index contributed by atoms with van der Waals surface area (Å²) in [5.41, 5.74) is 0.448. The fraction of sp³-hybridized carbons (Fsp3) is 0.350. The van der Waals surface area contributed by atoms with Gasteiger partial charge in [0.2, 0.25) is 0 Å². The second kappa shape index (κ2) is 8.60. The number of sulfonamides is 1. The van der Waals surface area contributed by atoms with E-state index in [0.29, 0.717) is 5.56 Å². The highest BCUT2D eigenvalue weighted by Gasteiger charge is 2.23. The van der Waals surface area contributed by atoms with Crippen molar-refractivity contribution in [1.29, 1.82) is 0 Å². The van der Waals surface area contributed by atoms with E-state index in [1.807, 2.05) is 0 Å². The number of carbonyl (C=O) groups excluding carboxylic acids is 1. The van der Waals surface area contributed by atoms with Gasteiger partial charge in [-0.15, -0.1) is 0 Å². The van der Waals surface area contributed by atoms with Crippen LogP contribution in [0.4, 0.5) is 11.4 Å². The summed E-state index contributed by atoms with van der Waals surface area (Å²) >= 11 is 0. The highest BCUT2D eigenvalue weighted by molar-refractivity contribution is 7.92. The molecule has 1 N–H and O–H groups in total. The van der Waals surface area contributed by atoms with Crippen LogP contribution in [-0.2, 0) is 10.0 Å². The van der Waals surface area contributed by atoms with E-state index in [1.54, 1.807) is 24.1 Å². The molecule has 3 rings (SSSR count). The maximum atomic E-state index is 12.7. The van der Waals surface area contributed by atoms with E-state index < -0.39 is 14.9 Å². The summed E-state index contributed by atoms with van der Waals surface area (Å²) in [5.74, 6) is -0.0926. The number of carbonyl (C=O) groups is 1. The number of nitro benzene ring substituents is 1. The number of amides is 1. The van der Waals surface area contributed by atoms with Crippen LogP contribution in [0.5, 0.6) is 0 Å². The first kappa shape index (κ1) is 20.8. The predicted octanol–water partition coefficient (Wildman–Crippen LogP) is 3.80. The summed E-state index contributed by atoms with van der Waals surface area (Å²) in [4.78, 5) is 24.5. The standard InChI is InChI=1S/C20H23N3O5S/c1-22(17-6-3-2-4-7-17)20(24)15-10-12-16(13-11-15)21-29(27,28)19-9-5-8-18(14-19)23(25)26/h5,8-14,17,21H,2-4,6-7H2,1H3. The zero-order chi connectivity index (χ0) is 21.0. The smallest absolute Gasteiger partial charge is 0.270 e. The van der Waals surface area contributed by atoms with Gasteiger partial charge in [-0.3, -0.25) is 19.6 Å². The molecule has 1 aliphatic carbocycles. The number of anilines is 1. The SMILES string of the molecule is CN(C(=O)c1ccc(NS(=O)(=O)c2cccc([N+](=O)[O-])c2)cc1)C1CCCCC1. The monoisotopic (exact) mass is 417 g/mol. The third-order valence-electron chi connectivity index (χ3n) is 5.17. The van der Waals surface area contributed by atoms with E-state index in [2.05, 4.69) is 4.72 Å². The molecular weight excluding hydrogens is 394 g/mol. The molecule has 0 atom stereocenters. The molecule has 0 aliphatic heterocycles. The van der Waals surface area contributed by atoms with Gasteiger partial charge in [0, 0.05) is 36.5 Å². The maximum absolute atomic E-state index is 12.7. The van der Waals surface area contributed by atoms with E-state index in [-0.39, 0.29) is 28.2 Å². The Hall–Kier alpha value is -2.94. The van der Waals surface area contributed by atoms with Gasteiger partial charge in [0.1, 0.15) is 0 Å². The fourth-order valence-corrected chi connectivity index (χ4v) is 4.59. The molecule has 0 bridgehead atoms. The average molecular weight is 417 g/mol. The first-order valence-electron chi connectivity index (χ1n) is 9.42. The molecule has 0 radical (unpaired) electrons. The van der Waals surface area contributed by atoms with Crippen LogP contribution in [0.3, 0.4) is 0 Å². The van der Waals surface area contributed by atoms with Gasteiger partial charge in [-0.2, -0.15) is 0 Å². The van der Waals surface area contributed by atoms with Crippen molar-refractivity contribution in [3.63, 3.8) is 0 Å². The number of nitrogens with zero attached hydrogens (tertiary/aromatic N) is 2. The highest BCUT2D eigenvalue weighted by Crippen LogP contribution is 2.24. The van der Waals surface area contributed by atoms with Crippen LogP contribution in [0.15, 0.2) is 53.4 Å². The number of nitrogens with one attached hydrogen (secondary N) is 1. The van der Waals surface area contributed by atoms with Crippen molar-refractivity contribution in [3.05, 3.63) is 64.2 Å². The lowest BCUT2D eigenvalue weighted by Crippen LogP contribution is -2.38. The average Bonchev–Trinajstić information content (AvgIpc) is 2.73. The van der Waals surface area contributed by atoms with Gasteiger partial charge >= 0.3 is 0 Å². The third kappa shape index (κ3) is 4.92. The Kier molecular flexibility index (Phi) is 6.17. The van der Waals surface area contributed by atoms with Crippen LogP contribution in [0.25, 0.3) is 0 Å². The van der Waals surface area contributed by atoms with Crippen LogP contribution in [-0.4, -0.2) is 37.2 Å². The van der Waals surface area contributed by atoms with Crippen LogP contribution in [0.2, 0.25) is 0 Å². The molecule has 0 saturated heterocycles. The van der Waals surface area contributed by atoms with Gasteiger partial charge in [-0.25, -0.2) is 8.42 Å². The predicted molar refractivity (Wildman–Crippen MR) is 109 cm³/mol. The van der Waals surface area contributed by atoms with E-state index in [0.717, 1.165) is 31.7 Å². The topological polar surface area (TPSA) is 110 Å². The quantitative estimate of drug-likeness (QED) is 0.568. The molecule has 0 aromatic heterocycles. The Labute approximate surface area is 169 Å². The Morgan fingerprint density at radius 1 is 1.10 bits per heavy atom. The van der Waals surface area contributed by atoms with Crippen molar-refractivity contribution >= 4 is 27.3 Å². The van der Waals surface area contributed by atoms with E-state index in [4.69, 9.17) is 0 Å². The summed E-state index contributed by atoms with van der Waals surface area (Å²) in [6.07, 6.45) is 5.46. The lowest BCUT2D eigenvalue weighted by molar-refractivity contribution is -0.385. The second-order valence-electron chi connectivity index (χ2n) is 7.15. The number of nitro groups is 1. The van der Waals surface area contributed by atoms with Gasteiger partial charge in [0.15, 0.2) is 0 Å². The number of benzene rings is 2. The number of non-ortho nitro benzene ring substituents is 1. The minimum Gasteiger partial charge on any atom is -0.339 e. The summed E-state index contributed by atoms with van der Waals surface area (Å²) in [6, 6.07) is 11.2. The van der Waals surface area contributed by atoms with Gasteiger partial charge in [-0.05, 0) is 43.2 Å². The van der Waals surface area contributed by atoms with Crippen molar-refractivity contribution in [1.82, 2.24) is 4.90 Å². The lowest BCUT2D eigenvalue weighted by atomic mass is 9.94. The van der Waals surface area contributed by atoms with Gasteiger partial charge < -0.3 is 4.90 Å². The molecule has 154 valence electrons. The molecule has 0 spiro atoms. The molecule has 1 saturated carbocycles. The maximum Gasteiger partial charge on any atom is 0.270 e. The van der Waals surface area contributed by atoms with Crippen LogP contribution in [0.1, 0.15) is 42.5 Å². The minimum atomic E-state index is -3.99. The first-order chi connectivity index (χ1) is 13.8. The van der Waals surface area contributed by atoms with Gasteiger partial charge in [-0.1, -0.05) is 25.3 Å². The van der Waals surface area contributed by atoms with Gasteiger partial charge in [0.25, 0.3) is 21.6 Å². The van der Waals surface area contributed by atoms with E-state index in [9.17, 15) is 23.3 Å². The van der Waals surface area contributed by atoms with Crippen LogP contribution >= 0.6 is 0 Å². The van der Waals surface area contributed by atoms with E-state index in [1.165, 1.54) is 36.8 Å². The number of hydrogen-bond donors (Lipinski definition) is 1. The third-order valence-corrected chi connectivity index (χ3v) is 6.54. The van der Waals surface area contributed by atoms with Gasteiger partial charge in [0.05, 0.1) is 9.82 Å². The number of hydrogen-bond acceptors (Lipinski definition) is 5. The Morgan fingerprint density at radius 3 is 2.38 bits per heavy atom. The summed E-state index contributed by atoms with van der Waals surface area (Å²) in [5, 5.41) is 10.9. The molecule has 1 aliphatic rings. The minimum absolute atomic E-state index is 0.0926. The van der Waals surface area contributed by atoms with Crippen LogP contribution < -0.4 is 4.72 Å². The highest BCUT2D eigenvalue weighted by atomic mass is 32.2. The molecule has 29 heavy (non-hydrogen) atoms. The molecule has 2 aromatic rings. The molecule has 0 heterocycles. The van der Waals surface area contributed by atoms with Crippen molar-refractivity contribution in [2.45, 2.75) is 43.0 Å². The zero-order valence-corrected chi connectivity index (χ0v) is 16.9. The molecule has 0 unspecified atom stereocenters. The zero-order valence-electron chi connectivity index (χ0n) is 16.1. The second-order valence-corrected chi connectivity index (χ2v) is 8.83. The molecular formula is C20H23N3O5S. The summed E-state index contributed by atoms with van der Waals surface area (Å²) in [7, 11) is -2.18. The molecule has 9 heteroatoms. The Morgan fingerprint density at radius 2 is 1.76 bits per heavy atom. The first-order valence-corrected chi connectivity index (χ1v) is 10.9. The Bertz CT molecular complexity index is 999. The van der Waals surface area contributed by atoms with Crippen molar-refractivity contribution in [3.8, 4) is 0 Å². The van der Waals surface area contributed by atoms with E-state index >= 15 is 0 Å². The lowest BCUT2D eigenvalue weighted by Gasteiger charge is -2.31. The fourth-order valence-electron chi connectivity index (χ4n) is 3.50. The summed E-state index contributed by atoms with van der Waals surface area (Å²) in [6.45, 7) is 0. The molecule has 1 fully saturated rings. The van der Waals surface area contributed by atoms with Crippen molar-refractivity contribution < 1.29 is 18.1 Å². The largest absolute Gasteiger partial charge is 0.339 e. The molecule has 2 aromatic carbocycles. The van der Waals surface area contributed by atoms with Crippen molar-refractivity contribution in [2.75, 3.05) is 11.8 Å². The molecule has 8 nitrogen and oxygen atoms in total. The normalized spacial score (nSPS) is 14.9. The van der Waals surface area contributed by atoms with Crippen molar-refractivity contribution in [2.24, 2.45) is 0 Å².